The predicted octanol–water partition coefficient (Wildman–Crippen LogP) is 4.24. The van der Waals surface area contributed by atoms with Crippen molar-refractivity contribution >= 4 is 10.8 Å². The summed E-state index contributed by atoms with van der Waals surface area (Å²) >= 11 is 0. The molecule has 2 N–H and O–H groups in total. The van der Waals surface area contributed by atoms with Gasteiger partial charge >= 0.3 is 0 Å². The highest BCUT2D eigenvalue weighted by Gasteiger charge is 2.11. The largest absolute Gasteiger partial charge is 0.326 e. The number of hydrogen-bond acceptors (Lipinski definition) is 2. The molecule has 0 atom stereocenters. The summed E-state index contributed by atoms with van der Waals surface area (Å²) in [5.74, 6) is 0. The first-order valence-electron chi connectivity index (χ1n) is 8.04. The van der Waals surface area contributed by atoms with Crippen molar-refractivity contribution in [3.05, 3.63) is 65.5 Å². The molecule has 0 spiro atoms. The number of nitrogens with zero attached hydrogens (tertiary/aromatic N) is 1. The zero-order chi connectivity index (χ0) is 14.9. The van der Waals surface area contributed by atoms with Crippen LogP contribution in [-0.2, 0) is 19.4 Å². The molecular formula is C20H20N2. The molecule has 0 bridgehead atoms. The number of aromatic nitrogens is 1. The molecule has 0 saturated carbocycles. The van der Waals surface area contributed by atoms with E-state index in [0.717, 1.165) is 6.42 Å². The van der Waals surface area contributed by atoms with Gasteiger partial charge in [-0.15, -0.1) is 0 Å². The monoisotopic (exact) mass is 288 g/mol. The van der Waals surface area contributed by atoms with Gasteiger partial charge in [-0.3, -0.25) is 4.98 Å². The van der Waals surface area contributed by atoms with Gasteiger partial charge in [0.05, 0.1) is 0 Å². The van der Waals surface area contributed by atoms with E-state index in [0.29, 0.717) is 6.54 Å². The Morgan fingerprint density at radius 2 is 1.73 bits per heavy atom. The molecule has 110 valence electrons. The van der Waals surface area contributed by atoms with Gasteiger partial charge in [-0.05, 0) is 71.3 Å². The third-order valence-electron chi connectivity index (χ3n) is 4.64. The Balaban J connectivity index is 1.79. The molecule has 0 aliphatic heterocycles. The minimum Gasteiger partial charge on any atom is -0.326 e. The number of benzene rings is 2. The van der Waals surface area contributed by atoms with Gasteiger partial charge in [-0.2, -0.15) is 0 Å². The minimum absolute atomic E-state index is 0.584. The lowest BCUT2D eigenvalue weighted by molar-refractivity contribution is 0.668. The first kappa shape index (κ1) is 13.5. The van der Waals surface area contributed by atoms with E-state index in [-0.39, 0.29) is 0 Å². The van der Waals surface area contributed by atoms with Crippen LogP contribution in [0.25, 0.3) is 21.9 Å². The van der Waals surface area contributed by atoms with E-state index >= 15 is 0 Å². The Labute approximate surface area is 131 Å². The molecule has 1 aliphatic carbocycles. The smallest absolute Gasteiger partial charge is 0.0436 e. The summed E-state index contributed by atoms with van der Waals surface area (Å²) in [6.07, 6.45) is 6.89. The van der Waals surface area contributed by atoms with Gasteiger partial charge in [0.1, 0.15) is 0 Å². The summed E-state index contributed by atoms with van der Waals surface area (Å²) in [5.41, 5.74) is 12.1. The third-order valence-corrected chi connectivity index (χ3v) is 4.64. The number of aryl methyl sites for hydroxylation is 2. The van der Waals surface area contributed by atoms with E-state index < -0.39 is 0 Å². The van der Waals surface area contributed by atoms with E-state index in [9.17, 15) is 0 Å². The second kappa shape index (κ2) is 5.54. The highest BCUT2D eigenvalue weighted by molar-refractivity contribution is 5.87. The molecule has 0 fully saturated rings. The van der Waals surface area contributed by atoms with Crippen LogP contribution in [0, 0.1) is 0 Å². The van der Waals surface area contributed by atoms with Gasteiger partial charge in [-0.1, -0.05) is 24.3 Å². The van der Waals surface area contributed by atoms with Gasteiger partial charge in [0.25, 0.3) is 0 Å². The molecule has 0 radical (unpaired) electrons. The first-order chi connectivity index (χ1) is 10.8. The molecule has 2 aromatic carbocycles. The molecule has 0 amide bonds. The normalized spacial score (nSPS) is 14.0. The van der Waals surface area contributed by atoms with Crippen LogP contribution in [0.2, 0.25) is 0 Å². The van der Waals surface area contributed by atoms with Crippen molar-refractivity contribution in [1.82, 2.24) is 4.98 Å². The molecule has 0 unspecified atom stereocenters. The fourth-order valence-electron chi connectivity index (χ4n) is 3.35. The fourth-order valence-corrected chi connectivity index (χ4v) is 3.35. The van der Waals surface area contributed by atoms with Crippen molar-refractivity contribution in [2.75, 3.05) is 0 Å². The van der Waals surface area contributed by atoms with Crippen LogP contribution in [0.4, 0.5) is 0 Å². The van der Waals surface area contributed by atoms with E-state index in [1.54, 1.807) is 0 Å². The number of rotatable bonds is 2. The lowest BCUT2D eigenvalue weighted by atomic mass is 9.93. The molecule has 1 aromatic heterocycles. The highest BCUT2D eigenvalue weighted by Crippen LogP contribution is 2.28. The van der Waals surface area contributed by atoms with Crippen LogP contribution in [0.15, 0.2) is 48.7 Å². The second-order valence-electron chi connectivity index (χ2n) is 6.14. The Bertz CT molecular complexity index is 836. The van der Waals surface area contributed by atoms with Gasteiger partial charge in [-0.25, -0.2) is 0 Å². The van der Waals surface area contributed by atoms with E-state index in [2.05, 4.69) is 47.4 Å². The molecule has 0 saturated heterocycles. The standard InChI is InChI=1S/C20H20N2/c21-12-14-5-6-15-7-8-16(10-18(15)9-14)19-11-17-3-1-2-4-20(17)22-13-19/h5-11,13H,1-4,12,21H2. The van der Waals surface area contributed by atoms with Crippen molar-refractivity contribution in [3.63, 3.8) is 0 Å². The van der Waals surface area contributed by atoms with Gasteiger partial charge in [0, 0.05) is 24.0 Å². The van der Waals surface area contributed by atoms with Crippen LogP contribution in [0.1, 0.15) is 29.7 Å². The van der Waals surface area contributed by atoms with E-state index in [4.69, 9.17) is 5.73 Å². The van der Waals surface area contributed by atoms with Gasteiger partial charge in [0.2, 0.25) is 0 Å². The second-order valence-corrected chi connectivity index (χ2v) is 6.14. The molecule has 1 aliphatic rings. The van der Waals surface area contributed by atoms with E-state index in [1.807, 2.05) is 6.20 Å². The summed E-state index contributed by atoms with van der Waals surface area (Å²) in [5, 5.41) is 2.50. The Kier molecular flexibility index (Phi) is 3.39. The predicted molar refractivity (Wildman–Crippen MR) is 91.7 cm³/mol. The lowest BCUT2D eigenvalue weighted by Crippen LogP contribution is -2.05. The van der Waals surface area contributed by atoms with Gasteiger partial charge < -0.3 is 5.73 Å². The number of fused-ring (bicyclic) bond motifs is 2. The van der Waals surface area contributed by atoms with Crippen molar-refractivity contribution in [1.29, 1.82) is 0 Å². The quantitative estimate of drug-likeness (QED) is 0.766. The first-order valence-corrected chi connectivity index (χ1v) is 8.04. The third kappa shape index (κ3) is 2.40. The van der Waals surface area contributed by atoms with Gasteiger partial charge in [0.15, 0.2) is 0 Å². The average Bonchev–Trinajstić information content (AvgIpc) is 2.60. The molecule has 22 heavy (non-hydrogen) atoms. The summed E-state index contributed by atoms with van der Waals surface area (Å²) in [7, 11) is 0. The summed E-state index contributed by atoms with van der Waals surface area (Å²) in [6, 6.07) is 15.4. The van der Waals surface area contributed by atoms with Crippen LogP contribution >= 0.6 is 0 Å². The maximum absolute atomic E-state index is 5.76. The molecule has 4 rings (SSSR count). The SMILES string of the molecule is NCc1ccc2ccc(-c3cnc4c(c3)CCCC4)cc2c1. The minimum atomic E-state index is 0.584. The molecule has 3 aromatic rings. The molecule has 2 nitrogen and oxygen atoms in total. The van der Waals surface area contributed by atoms with Crippen molar-refractivity contribution in [2.45, 2.75) is 32.2 Å². The molecule has 1 heterocycles. The average molecular weight is 288 g/mol. The highest BCUT2D eigenvalue weighted by atomic mass is 14.7. The van der Waals surface area contributed by atoms with Crippen molar-refractivity contribution in [2.24, 2.45) is 5.73 Å². The zero-order valence-electron chi connectivity index (χ0n) is 12.7. The summed E-state index contributed by atoms with van der Waals surface area (Å²) in [6.45, 7) is 0.584. The number of nitrogens with two attached hydrogens (primary N) is 1. The molecular weight excluding hydrogens is 268 g/mol. The van der Waals surface area contributed by atoms with Crippen molar-refractivity contribution < 1.29 is 0 Å². The Morgan fingerprint density at radius 3 is 2.64 bits per heavy atom. The van der Waals surface area contributed by atoms with Crippen LogP contribution in [-0.4, -0.2) is 4.98 Å². The molecule has 2 heteroatoms. The topological polar surface area (TPSA) is 38.9 Å². The lowest BCUT2D eigenvalue weighted by Gasteiger charge is -2.15. The fraction of sp³-hybridized carbons (Fsp3) is 0.250. The Morgan fingerprint density at radius 1 is 0.864 bits per heavy atom. The van der Waals surface area contributed by atoms with E-state index in [1.165, 1.54) is 58.0 Å². The summed E-state index contributed by atoms with van der Waals surface area (Å²) < 4.78 is 0. The number of pyridine rings is 1. The van der Waals surface area contributed by atoms with Crippen LogP contribution < -0.4 is 5.73 Å². The number of hydrogen-bond donors (Lipinski definition) is 1. The zero-order valence-corrected chi connectivity index (χ0v) is 12.7. The summed E-state index contributed by atoms with van der Waals surface area (Å²) in [4.78, 5) is 4.69. The maximum Gasteiger partial charge on any atom is 0.0436 e. The van der Waals surface area contributed by atoms with Crippen LogP contribution in [0.3, 0.4) is 0 Å². The Hall–Kier alpha value is -2.19. The van der Waals surface area contributed by atoms with Crippen LogP contribution in [0.5, 0.6) is 0 Å². The van der Waals surface area contributed by atoms with Crippen molar-refractivity contribution in [3.8, 4) is 11.1 Å². The maximum atomic E-state index is 5.76.